The van der Waals surface area contributed by atoms with Crippen LogP contribution in [0, 0.1) is 28.6 Å². The maximum atomic E-state index is 17.3. The molecule has 4 aliphatic carbocycles. The molecule has 34 heavy (non-hydrogen) atoms. The molecule has 0 saturated heterocycles. The maximum Gasteiger partial charge on any atom is 0.306 e. The lowest BCUT2D eigenvalue weighted by molar-refractivity contribution is -0.228. The summed E-state index contributed by atoms with van der Waals surface area (Å²) in [5, 5.41) is 11.1. The molecule has 5 nitrogen and oxygen atoms in total. The molecule has 1 N–H and O–H groups in total. The topological polar surface area (TPSA) is 80.7 Å². The van der Waals surface area contributed by atoms with Crippen LogP contribution in [0.1, 0.15) is 53.4 Å². The second-order valence-corrected chi connectivity index (χ2v) is 13.3. The molecule has 4 rings (SSSR count). The summed E-state index contributed by atoms with van der Waals surface area (Å²) in [4.78, 5) is 38.1. The summed E-state index contributed by atoms with van der Waals surface area (Å²) in [6, 6.07) is 0. The van der Waals surface area contributed by atoms with E-state index in [2.05, 4.69) is 22.6 Å². The van der Waals surface area contributed by atoms with Crippen LogP contribution in [0.4, 0.5) is 8.78 Å². The van der Waals surface area contributed by atoms with E-state index in [-0.39, 0.29) is 30.0 Å². The van der Waals surface area contributed by atoms with Gasteiger partial charge in [0.15, 0.2) is 17.1 Å². The molecule has 4 aliphatic rings. The first-order valence-electron chi connectivity index (χ1n) is 11.7. The Morgan fingerprint density at radius 3 is 2.59 bits per heavy atom. The highest BCUT2D eigenvalue weighted by atomic mass is 127. The van der Waals surface area contributed by atoms with Gasteiger partial charge < -0.3 is 9.84 Å². The fraction of sp³-hybridized carbons (Fsp3) is 0.720. The number of alkyl halides is 3. The summed E-state index contributed by atoms with van der Waals surface area (Å²) >= 11 is 3.11. The summed E-state index contributed by atoms with van der Waals surface area (Å²) in [5.74, 6) is -2.77. The number of carbonyl (C=O) groups is 3. The molecule has 0 aromatic carbocycles. The lowest BCUT2D eigenvalue weighted by atomic mass is 9.44. The van der Waals surface area contributed by atoms with Crippen molar-refractivity contribution in [2.45, 2.75) is 76.9 Å². The Morgan fingerprint density at radius 2 is 1.97 bits per heavy atom. The van der Waals surface area contributed by atoms with Crippen molar-refractivity contribution in [3.05, 3.63) is 23.8 Å². The zero-order valence-corrected chi connectivity index (χ0v) is 22.8. The normalized spacial score (nSPS) is 47.4. The minimum Gasteiger partial charge on any atom is -0.449 e. The van der Waals surface area contributed by atoms with Crippen LogP contribution in [0.3, 0.4) is 0 Å². The summed E-state index contributed by atoms with van der Waals surface area (Å²) in [5.41, 5.74) is -6.26. The molecular weight excluding hydrogens is 577 g/mol. The third-order valence-electron chi connectivity index (χ3n) is 9.22. The second kappa shape index (κ2) is 8.64. The Labute approximate surface area is 216 Å². The van der Waals surface area contributed by atoms with Gasteiger partial charge in [-0.1, -0.05) is 61.2 Å². The van der Waals surface area contributed by atoms with Crippen LogP contribution in [0.15, 0.2) is 23.8 Å². The molecule has 9 atom stereocenters. The van der Waals surface area contributed by atoms with Crippen LogP contribution in [0.5, 0.6) is 0 Å². The van der Waals surface area contributed by atoms with Crippen molar-refractivity contribution in [3.8, 4) is 0 Å². The minimum absolute atomic E-state index is 0.0627. The van der Waals surface area contributed by atoms with E-state index in [1.165, 1.54) is 12.2 Å². The summed E-state index contributed by atoms with van der Waals surface area (Å²) in [6.45, 7) is 6.81. The van der Waals surface area contributed by atoms with Gasteiger partial charge in [0.05, 0.1) is 9.86 Å². The molecule has 0 radical (unpaired) electrons. The number of ketones is 1. The number of rotatable bonds is 4. The van der Waals surface area contributed by atoms with E-state index in [9.17, 15) is 19.5 Å². The summed E-state index contributed by atoms with van der Waals surface area (Å²) < 4.78 is 39.3. The van der Waals surface area contributed by atoms with Crippen LogP contribution in [0.25, 0.3) is 0 Å². The monoisotopic (exact) mass is 608 g/mol. The van der Waals surface area contributed by atoms with Gasteiger partial charge >= 0.3 is 5.97 Å². The Morgan fingerprint density at radius 1 is 1.29 bits per heavy atom. The second-order valence-electron chi connectivity index (χ2n) is 10.6. The number of ether oxygens (including phenoxy) is 1. The van der Waals surface area contributed by atoms with Gasteiger partial charge in [-0.05, 0) is 49.8 Å². The molecule has 0 aromatic heterocycles. The molecule has 0 aromatic rings. The number of hydrogen-bond acceptors (Lipinski definition) is 6. The van der Waals surface area contributed by atoms with E-state index in [4.69, 9.17) is 4.74 Å². The molecular formula is C25H31F2IO5S. The Hall–Kier alpha value is -0.810. The molecule has 0 heterocycles. The number of allylic oxidation sites excluding steroid dienone is 4. The zero-order chi connectivity index (χ0) is 25.3. The molecule has 0 bridgehead atoms. The number of esters is 1. The van der Waals surface area contributed by atoms with Crippen LogP contribution < -0.4 is 0 Å². The molecule has 188 valence electrons. The van der Waals surface area contributed by atoms with Crippen molar-refractivity contribution in [1.82, 2.24) is 0 Å². The van der Waals surface area contributed by atoms with E-state index in [1.54, 1.807) is 20.8 Å². The van der Waals surface area contributed by atoms with Gasteiger partial charge in [0.25, 0.3) is 0 Å². The number of carbonyl (C=O) groups excluding carboxylic acids is 3. The van der Waals surface area contributed by atoms with Gasteiger partial charge in [-0.3, -0.25) is 14.4 Å². The standard InChI is InChI=1S/C25H31F2IO5S/c1-5-20(31)33-25(21(32)34-12-28)13(2)8-15-16-10-18(26)17-9-14(29)6-7-22(17,3)24(16,27)19(30)11-23(15,25)4/h6-7,9,13,15-16,18-19,30H,5,8,10-12H2,1-4H3/t13-,15-,16-,18-,19-,22-,23-,24-,25+/m0/s1. The number of halogens is 3. The van der Waals surface area contributed by atoms with Crippen molar-refractivity contribution in [2.24, 2.45) is 28.6 Å². The Kier molecular flexibility index (Phi) is 6.68. The number of thioether (sulfide) groups is 1. The van der Waals surface area contributed by atoms with Crippen LogP contribution in [0.2, 0.25) is 0 Å². The van der Waals surface area contributed by atoms with Crippen LogP contribution in [-0.2, 0) is 19.1 Å². The van der Waals surface area contributed by atoms with E-state index in [0.29, 0.717) is 10.2 Å². The number of fused-ring (bicyclic) bond motifs is 5. The lowest BCUT2D eigenvalue weighted by Crippen LogP contribution is -2.70. The molecule has 0 aliphatic heterocycles. The maximum absolute atomic E-state index is 17.3. The first kappa shape index (κ1) is 26.3. The fourth-order valence-electron chi connectivity index (χ4n) is 7.63. The molecule has 0 amide bonds. The molecule has 3 saturated carbocycles. The summed E-state index contributed by atoms with van der Waals surface area (Å²) in [7, 11) is 0. The van der Waals surface area contributed by atoms with Crippen molar-refractivity contribution >= 4 is 51.2 Å². The third kappa shape index (κ3) is 3.20. The number of aliphatic hydroxyl groups excluding tert-OH is 1. The fourth-order valence-corrected chi connectivity index (χ4v) is 9.26. The van der Waals surface area contributed by atoms with Gasteiger partial charge in [-0.15, -0.1) is 0 Å². The lowest BCUT2D eigenvalue weighted by Gasteiger charge is -2.63. The van der Waals surface area contributed by atoms with Crippen molar-refractivity contribution < 1.29 is 33.0 Å². The highest BCUT2D eigenvalue weighted by Gasteiger charge is 2.78. The smallest absolute Gasteiger partial charge is 0.306 e. The van der Waals surface area contributed by atoms with Crippen molar-refractivity contribution in [1.29, 1.82) is 0 Å². The average Bonchev–Trinajstić information content (AvgIpc) is 2.99. The highest BCUT2D eigenvalue weighted by molar-refractivity contribution is 14.1. The highest BCUT2D eigenvalue weighted by Crippen LogP contribution is 2.72. The van der Waals surface area contributed by atoms with E-state index in [1.807, 2.05) is 6.92 Å². The Bertz CT molecular complexity index is 986. The molecule has 3 fully saturated rings. The number of aliphatic hydroxyl groups is 1. The molecule has 0 spiro atoms. The number of hydrogen-bond donors (Lipinski definition) is 1. The van der Waals surface area contributed by atoms with Gasteiger partial charge in [0, 0.05) is 29.1 Å². The molecule has 9 heteroatoms. The predicted molar refractivity (Wildman–Crippen MR) is 134 cm³/mol. The van der Waals surface area contributed by atoms with E-state index >= 15 is 8.78 Å². The minimum atomic E-state index is -2.23. The van der Waals surface area contributed by atoms with Gasteiger partial charge in [-0.25, -0.2) is 8.78 Å². The van der Waals surface area contributed by atoms with Crippen molar-refractivity contribution in [3.63, 3.8) is 0 Å². The van der Waals surface area contributed by atoms with E-state index in [0.717, 1.165) is 17.8 Å². The van der Waals surface area contributed by atoms with Crippen LogP contribution >= 0.6 is 34.4 Å². The van der Waals surface area contributed by atoms with Crippen molar-refractivity contribution in [2.75, 3.05) is 3.76 Å². The first-order chi connectivity index (χ1) is 15.8. The quantitative estimate of drug-likeness (QED) is 0.278. The predicted octanol–water partition coefficient (Wildman–Crippen LogP) is 4.90. The third-order valence-corrected chi connectivity index (χ3v) is 10.8. The first-order valence-corrected chi connectivity index (χ1v) is 14.3. The SMILES string of the molecule is CCC(=O)O[C@@]1(C(=O)SCI)[C@@H](C)C[C@H]2[C@@H]3C[C@H](F)C4=CC(=O)C=C[C@]4(C)[C@@]3(F)[C@@H](O)C[C@@]21C. The van der Waals surface area contributed by atoms with Gasteiger partial charge in [-0.2, -0.15) is 0 Å². The molecule has 0 unspecified atom stereocenters. The van der Waals surface area contributed by atoms with E-state index < -0.39 is 63.9 Å². The average molecular weight is 608 g/mol. The van der Waals surface area contributed by atoms with Gasteiger partial charge in [0.2, 0.25) is 5.12 Å². The zero-order valence-electron chi connectivity index (χ0n) is 19.8. The van der Waals surface area contributed by atoms with Crippen LogP contribution in [-0.4, -0.2) is 49.3 Å². The van der Waals surface area contributed by atoms with Gasteiger partial charge in [0.1, 0.15) is 6.17 Å². The largest absolute Gasteiger partial charge is 0.449 e. The Balaban J connectivity index is 1.87. The summed E-state index contributed by atoms with van der Waals surface area (Å²) in [6.07, 6.45) is 0.845.